The molecule has 2 aromatic rings. The first-order valence-electron chi connectivity index (χ1n) is 6.74. The third-order valence-electron chi connectivity index (χ3n) is 2.84. The van der Waals surface area contributed by atoms with E-state index < -0.39 is 20.0 Å². The van der Waals surface area contributed by atoms with Gasteiger partial charge < -0.3 is 0 Å². The number of hydrogen-bond donors (Lipinski definition) is 1. The van der Waals surface area contributed by atoms with Crippen LogP contribution in [0.25, 0.3) is 0 Å². The SMILES string of the molecule is O=S(=O)(C#Cc1ccccc1)NS(=O)(=O)CCc1ccccc1. The molecule has 2 aromatic carbocycles. The molecule has 0 bridgehead atoms. The number of rotatable bonds is 5. The summed E-state index contributed by atoms with van der Waals surface area (Å²) in [4.78, 5) is 0. The van der Waals surface area contributed by atoms with Gasteiger partial charge >= 0.3 is 0 Å². The van der Waals surface area contributed by atoms with Crippen LogP contribution in [-0.2, 0) is 26.5 Å². The van der Waals surface area contributed by atoms with E-state index in [2.05, 4.69) is 5.92 Å². The van der Waals surface area contributed by atoms with Gasteiger partial charge in [-0.1, -0.05) is 52.7 Å². The van der Waals surface area contributed by atoms with E-state index in [9.17, 15) is 16.8 Å². The van der Waals surface area contributed by atoms with Gasteiger partial charge in [0, 0.05) is 10.8 Å². The third kappa shape index (κ3) is 6.24. The fourth-order valence-corrected chi connectivity index (χ4v) is 4.37. The number of aryl methyl sites for hydroxylation is 1. The van der Waals surface area contributed by atoms with Gasteiger partial charge in [-0.05, 0) is 30.0 Å². The van der Waals surface area contributed by atoms with Gasteiger partial charge in [0.05, 0.1) is 5.75 Å². The maximum Gasteiger partial charge on any atom is 0.293 e. The minimum absolute atomic E-state index is 0.220. The van der Waals surface area contributed by atoms with Gasteiger partial charge in [0.2, 0.25) is 10.0 Å². The van der Waals surface area contributed by atoms with E-state index in [4.69, 9.17) is 0 Å². The Morgan fingerprint density at radius 3 is 2.00 bits per heavy atom. The quantitative estimate of drug-likeness (QED) is 0.830. The van der Waals surface area contributed by atoms with Crippen LogP contribution in [-0.4, -0.2) is 22.6 Å². The van der Waals surface area contributed by atoms with Crippen LogP contribution in [0.4, 0.5) is 0 Å². The first kappa shape index (κ1) is 17.2. The molecule has 120 valence electrons. The first-order chi connectivity index (χ1) is 10.9. The molecule has 2 rings (SSSR count). The van der Waals surface area contributed by atoms with E-state index in [1.807, 2.05) is 11.3 Å². The summed E-state index contributed by atoms with van der Waals surface area (Å²) in [6, 6.07) is 17.4. The van der Waals surface area contributed by atoms with Crippen molar-refractivity contribution in [1.82, 2.24) is 4.13 Å². The average molecular weight is 349 g/mol. The maximum atomic E-state index is 11.9. The highest BCUT2D eigenvalue weighted by atomic mass is 32.3. The van der Waals surface area contributed by atoms with Gasteiger partial charge in [-0.3, -0.25) is 0 Å². The topological polar surface area (TPSA) is 80.3 Å². The van der Waals surface area contributed by atoms with E-state index in [1.165, 1.54) is 0 Å². The molecule has 0 saturated heterocycles. The highest BCUT2D eigenvalue weighted by Crippen LogP contribution is 2.02. The van der Waals surface area contributed by atoms with E-state index in [1.54, 1.807) is 58.7 Å². The van der Waals surface area contributed by atoms with Crippen LogP contribution >= 0.6 is 0 Å². The predicted molar refractivity (Wildman–Crippen MR) is 89.3 cm³/mol. The van der Waals surface area contributed by atoms with Crippen LogP contribution in [0.2, 0.25) is 0 Å². The fourth-order valence-electron chi connectivity index (χ4n) is 1.77. The predicted octanol–water partition coefficient (Wildman–Crippen LogP) is 1.49. The summed E-state index contributed by atoms with van der Waals surface area (Å²) in [7, 11) is -8.22. The van der Waals surface area contributed by atoms with Crippen molar-refractivity contribution in [3.63, 3.8) is 0 Å². The fraction of sp³-hybridized carbons (Fsp3) is 0.125. The van der Waals surface area contributed by atoms with Crippen LogP contribution in [0, 0.1) is 11.2 Å². The molecule has 0 aliphatic rings. The molecule has 7 heteroatoms. The molecule has 0 aliphatic heterocycles. The maximum absolute atomic E-state index is 11.9. The van der Waals surface area contributed by atoms with E-state index in [0.29, 0.717) is 5.56 Å². The van der Waals surface area contributed by atoms with Crippen molar-refractivity contribution in [2.45, 2.75) is 6.42 Å². The standard InChI is InChI=1S/C16H15NO4S2/c18-22(19,13-11-15-7-3-1-4-8-15)17-23(20,21)14-12-16-9-5-2-6-10-16/h1-10,17H,11,13H2. The van der Waals surface area contributed by atoms with E-state index >= 15 is 0 Å². The van der Waals surface area contributed by atoms with E-state index in [0.717, 1.165) is 5.56 Å². The Bertz CT molecular complexity index is 910. The van der Waals surface area contributed by atoms with Crippen LogP contribution < -0.4 is 4.13 Å². The highest BCUT2D eigenvalue weighted by molar-refractivity contribution is 8.07. The van der Waals surface area contributed by atoms with Gasteiger partial charge in [-0.25, -0.2) is 8.42 Å². The lowest BCUT2D eigenvalue weighted by molar-refractivity contribution is 0.581. The van der Waals surface area contributed by atoms with Gasteiger partial charge in [0.1, 0.15) is 0 Å². The highest BCUT2D eigenvalue weighted by Gasteiger charge is 2.18. The van der Waals surface area contributed by atoms with E-state index in [-0.39, 0.29) is 12.2 Å². The molecule has 0 aliphatic carbocycles. The minimum atomic E-state index is -4.24. The summed E-state index contributed by atoms with van der Waals surface area (Å²) in [6.45, 7) is 0. The second kappa shape index (κ2) is 7.42. The zero-order valence-electron chi connectivity index (χ0n) is 12.1. The molecule has 5 nitrogen and oxygen atoms in total. The van der Waals surface area contributed by atoms with Crippen molar-refractivity contribution in [2.24, 2.45) is 0 Å². The van der Waals surface area contributed by atoms with Crippen molar-refractivity contribution in [3.05, 3.63) is 71.8 Å². The van der Waals surface area contributed by atoms with Crippen molar-refractivity contribution >= 4 is 20.0 Å². The molecule has 23 heavy (non-hydrogen) atoms. The molecule has 0 aromatic heterocycles. The molecule has 0 amide bonds. The Kier molecular flexibility index (Phi) is 5.55. The second-order valence-corrected chi connectivity index (χ2v) is 8.25. The van der Waals surface area contributed by atoms with Crippen molar-refractivity contribution in [3.8, 4) is 11.2 Å². The molecule has 0 heterocycles. The third-order valence-corrected chi connectivity index (χ3v) is 5.85. The number of nitrogens with one attached hydrogen (secondary N) is 1. The zero-order chi connectivity index (χ0) is 16.8. The summed E-state index contributed by atoms with van der Waals surface area (Å²) >= 11 is 0. The summed E-state index contributed by atoms with van der Waals surface area (Å²) < 4.78 is 48.9. The van der Waals surface area contributed by atoms with Crippen molar-refractivity contribution in [1.29, 1.82) is 0 Å². The monoisotopic (exact) mass is 349 g/mol. The lowest BCUT2D eigenvalue weighted by atomic mass is 10.2. The van der Waals surface area contributed by atoms with Crippen molar-refractivity contribution in [2.75, 3.05) is 5.75 Å². The summed E-state index contributed by atoms with van der Waals surface area (Å²) in [5.74, 6) is 2.09. The Balaban J connectivity index is 2.03. The molecule has 0 saturated carbocycles. The number of benzene rings is 2. The Hall–Kier alpha value is -2.14. The average Bonchev–Trinajstić information content (AvgIpc) is 2.52. The molecule has 0 spiro atoms. The Labute approximate surface area is 136 Å². The molecule has 0 radical (unpaired) electrons. The normalized spacial score (nSPS) is 11.5. The van der Waals surface area contributed by atoms with Gasteiger partial charge in [-0.2, -0.15) is 8.42 Å². The smallest absolute Gasteiger partial charge is 0.211 e. The number of sulfonamides is 2. The molecule has 0 fully saturated rings. The largest absolute Gasteiger partial charge is 0.293 e. The van der Waals surface area contributed by atoms with Crippen LogP contribution in [0.3, 0.4) is 0 Å². The van der Waals surface area contributed by atoms with Gasteiger partial charge in [0.25, 0.3) is 10.0 Å². The van der Waals surface area contributed by atoms with Crippen molar-refractivity contribution < 1.29 is 16.8 Å². The first-order valence-corrected chi connectivity index (χ1v) is 9.88. The lowest BCUT2D eigenvalue weighted by Crippen LogP contribution is -2.32. The lowest BCUT2D eigenvalue weighted by Gasteiger charge is -2.04. The van der Waals surface area contributed by atoms with Crippen LogP contribution in [0.5, 0.6) is 0 Å². The molecular weight excluding hydrogens is 334 g/mol. The van der Waals surface area contributed by atoms with Crippen LogP contribution in [0.1, 0.15) is 11.1 Å². The summed E-state index contributed by atoms with van der Waals surface area (Å²) in [6.07, 6.45) is 0.220. The molecule has 0 atom stereocenters. The summed E-state index contributed by atoms with van der Waals surface area (Å²) in [5.41, 5.74) is 1.30. The Morgan fingerprint density at radius 2 is 1.39 bits per heavy atom. The molecular formula is C16H15NO4S2. The molecule has 1 N–H and O–H groups in total. The van der Waals surface area contributed by atoms with Gasteiger partial charge in [0.15, 0.2) is 0 Å². The number of hydrogen-bond acceptors (Lipinski definition) is 4. The minimum Gasteiger partial charge on any atom is -0.211 e. The second-order valence-electron chi connectivity index (χ2n) is 4.73. The van der Waals surface area contributed by atoms with Gasteiger partial charge in [-0.15, -0.1) is 0 Å². The van der Waals surface area contributed by atoms with Crippen LogP contribution in [0.15, 0.2) is 60.7 Å². The Morgan fingerprint density at radius 1 is 0.826 bits per heavy atom. The summed E-state index contributed by atoms with van der Waals surface area (Å²) in [5, 5.41) is 1.96. The molecule has 0 unspecified atom stereocenters. The zero-order valence-corrected chi connectivity index (χ0v) is 13.8.